The summed E-state index contributed by atoms with van der Waals surface area (Å²) in [5.41, 5.74) is 0. The number of aliphatic hydroxyl groups excluding tert-OH is 1. The Morgan fingerprint density at radius 3 is 2.81 bits per heavy atom. The van der Waals surface area contributed by atoms with Gasteiger partial charge in [0.25, 0.3) is 0 Å². The van der Waals surface area contributed by atoms with Crippen LogP contribution in [0.5, 0.6) is 0 Å². The molecule has 2 rings (SSSR count). The van der Waals surface area contributed by atoms with E-state index in [4.69, 9.17) is 0 Å². The van der Waals surface area contributed by atoms with Crippen LogP contribution in [0.2, 0.25) is 0 Å². The third-order valence-corrected chi connectivity index (χ3v) is 4.20. The maximum absolute atomic E-state index is 9.90. The molecule has 0 saturated carbocycles. The molecular formula is C13H26N2O. The Kier molecular flexibility index (Phi) is 4.62. The van der Waals surface area contributed by atoms with E-state index in [1.54, 1.807) is 0 Å². The summed E-state index contributed by atoms with van der Waals surface area (Å²) >= 11 is 0. The summed E-state index contributed by atoms with van der Waals surface area (Å²) in [5.74, 6) is 0.932. The molecule has 2 heterocycles. The van der Waals surface area contributed by atoms with Gasteiger partial charge in [-0.2, -0.15) is 0 Å². The zero-order valence-corrected chi connectivity index (χ0v) is 10.5. The largest absolute Gasteiger partial charge is 0.390 e. The van der Waals surface area contributed by atoms with Crippen LogP contribution in [-0.2, 0) is 0 Å². The first-order valence-corrected chi connectivity index (χ1v) is 6.94. The minimum absolute atomic E-state index is 0.150. The number of rotatable bonds is 3. The highest BCUT2D eigenvalue weighted by atomic mass is 16.3. The van der Waals surface area contributed by atoms with Crippen molar-refractivity contribution in [2.75, 3.05) is 26.2 Å². The number of nitrogens with zero attached hydrogens (tertiary/aromatic N) is 1. The van der Waals surface area contributed by atoms with Crippen LogP contribution in [0.1, 0.15) is 39.0 Å². The van der Waals surface area contributed by atoms with Crippen molar-refractivity contribution in [3.63, 3.8) is 0 Å². The Labute approximate surface area is 99.2 Å². The fourth-order valence-electron chi connectivity index (χ4n) is 3.24. The van der Waals surface area contributed by atoms with Gasteiger partial charge in [-0.05, 0) is 38.3 Å². The number of likely N-dealkylation sites (tertiary alicyclic amines) is 1. The molecule has 0 aromatic carbocycles. The lowest BCUT2D eigenvalue weighted by atomic mass is 9.96. The Bertz CT molecular complexity index is 210. The maximum Gasteiger partial charge on any atom is 0.0831 e. The van der Waals surface area contributed by atoms with Gasteiger partial charge in [-0.25, -0.2) is 0 Å². The van der Waals surface area contributed by atoms with Crippen LogP contribution in [0.3, 0.4) is 0 Å². The van der Waals surface area contributed by atoms with E-state index in [9.17, 15) is 5.11 Å². The SMILES string of the molecule is CCCC1CCCN(C2CNCC2O)CC1. The van der Waals surface area contributed by atoms with Gasteiger partial charge >= 0.3 is 0 Å². The second-order valence-corrected chi connectivity index (χ2v) is 5.41. The molecule has 3 heteroatoms. The highest BCUT2D eigenvalue weighted by Crippen LogP contribution is 2.24. The molecule has 0 bridgehead atoms. The Morgan fingerprint density at radius 2 is 2.12 bits per heavy atom. The highest BCUT2D eigenvalue weighted by molar-refractivity contribution is 4.89. The molecule has 0 radical (unpaired) electrons. The molecule has 3 atom stereocenters. The normalized spacial score (nSPS) is 37.5. The molecule has 3 unspecified atom stereocenters. The predicted octanol–water partition coefficient (Wildman–Crippen LogP) is 1.22. The van der Waals surface area contributed by atoms with Crippen molar-refractivity contribution in [1.29, 1.82) is 0 Å². The molecule has 0 aliphatic carbocycles. The lowest BCUT2D eigenvalue weighted by Gasteiger charge is -2.29. The number of aliphatic hydroxyl groups is 1. The standard InChI is InChI=1S/C13H26N2O/c1-2-4-11-5-3-7-15(8-6-11)12-9-14-10-13(12)16/h11-14,16H,2-10H2,1H3. The predicted molar refractivity (Wildman–Crippen MR) is 66.5 cm³/mol. The van der Waals surface area contributed by atoms with E-state index in [0.717, 1.165) is 19.0 Å². The van der Waals surface area contributed by atoms with E-state index in [0.29, 0.717) is 6.04 Å². The zero-order chi connectivity index (χ0) is 11.4. The van der Waals surface area contributed by atoms with Gasteiger partial charge < -0.3 is 10.4 Å². The molecule has 0 aromatic heterocycles. The zero-order valence-electron chi connectivity index (χ0n) is 10.5. The summed E-state index contributed by atoms with van der Waals surface area (Å²) in [6, 6.07) is 0.375. The van der Waals surface area contributed by atoms with E-state index in [-0.39, 0.29) is 6.10 Å². The summed E-state index contributed by atoms with van der Waals surface area (Å²) < 4.78 is 0. The van der Waals surface area contributed by atoms with E-state index in [1.807, 2.05) is 0 Å². The quantitative estimate of drug-likeness (QED) is 0.759. The van der Waals surface area contributed by atoms with Crippen LogP contribution >= 0.6 is 0 Å². The Balaban J connectivity index is 1.83. The number of hydrogen-bond acceptors (Lipinski definition) is 3. The van der Waals surface area contributed by atoms with E-state index in [2.05, 4.69) is 17.1 Å². The first-order valence-electron chi connectivity index (χ1n) is 6.94. The van der Waals surface area contributed by atoms with E-state index >= 15 is 0 Å². The lowest BCUT2D eigenvalue weighted by Crippen LogP contribution is -2.43. The highest BCUT2D eigenvalue weighted by Gasteiger charge is 2.31. The average molecular weight is 226 g/mol. The molecule has 2 N–H and O–H groups in total. The molecule has 0 spiro atoms. The van der Waals surface area contributed by atoms with Crippen LogP contribution in [0, 0.1) is 5.92 Å². The van der Waals surface area contributed by atoms with Gasteiger partial charge in [-0.15, -0.1) is 0 Å². The molecule has 0 aromatic rings. The van der Waals surface area contributed by atoms with Gasteiger partial charge in [0.2, 0.25) is 0 Å². The topological polar surface area (TPSA) is 35.5 Å². The van der Waals surface area contributed by atoms with Gasteiger partial charge in [0.05, 0.1) is 6.10 Å². The van der Waals surface area contributed by atoms with Gasteiger partial charge in [0, 0.05) is 19.1 Å². The molecule has 16 heavy (non-hydrogen) atoms. The third-order valence-electron chi connectivity index (χ3n) is 4.20. The average Bonchev–Trinajstić information content (AvgIpc) is 2.57. The van der Waals surface area contributed by atoms with Crippen LogP contribution in [0.4, 0.5) is 0 Å². The molecule has 2 aliphatic heterocycles. The monoisotopic (exact) mass is 226 g/mol. The summed E-state index contributed by atoms with van der Waals surface area (Å²) in [6.07, 6.45) is 6.59. The maximum atomic E-state index is 9.90. The van der Waals surface area contributed by atoms with Crippen molar-refractivity contribution < 1.29 is 5.11 Å². The molecule has 0 amide bonds. The van der Waals surface area contributed by atoms with Gasteiger partial charge in [0.1, 0.15) is 0 Å². The minimum Gasteiger partial charge on any atom is -0.390 e. The van der Waals surface area contributed by atoms with Crippen molar-refractivity contribution in [1.82, 2.24) is 10.2 Å². The molecule has 94 valence electrons. The van der Waals surface area contributed by atoms with Crippen molar-refractivity contribution in [2.45, 2.75) is 51.2 Å². The second kappa shape index (κ2) is 5.99. The van der Waals surface area contributed by atoms with Crippen LogP contribution < -0.4 is 5.32 Å². The van der Waals surface area contributed by atoms with Crippen molar-refractivity contribution in [2.24, 2.45) is 5.92 Å². The lowest BCUT2D eigenvalue weighted by molar-refractivity contribution is 0.0845. The van der Waals surface area contributed by atoms with Gasteiger partial charge in [-0.1, -0.05) is 19.8 Å². The summed E-state index contributed by atoms with van der Waals surface area (Å²) in [4.78, 5) is 2.51. The van der Waals surface area contributed by atoms with E-state index in [1.165, 1.54) is 45.2 Å². The van der Waals surface area contributed by atoms with Crippen molar-refractivity contribution >= 4 is 0 Å². The van der Waals surface area contributed by atoms with Crippen molar-refractivity contribution in [3.05, 3.63) is 0 Å². The molecule has 2 saturated heterocycles. The molecule has 2 aliphatic rings. The Morgan fingerprint density at radius 1 is 1.25 bits per heavy atom. The van der Waals surface area contributed by atoms with Gasteiger partial charge in [0.15, 0.2) is 0 Å². The fourth-order valence-corrected chi connectivity index (χ4v) is 3.24. The third kappa shape index (κ3) is 2.96. The van der Waals surface area contributed by atoms with Crippen LogP contribution in [0.25, 0.3) is 0 Å². The summed E-state index contributed by atoms with van der Waals surface area (Å²) in [6.45, 7) is 6.41. The molecular weight excluding hydrogens is 200 g/mol. The smallest absolute Gasteiger partial charge is 0.0831 e. The number of hydrogen-bond donors (Lipinski definition) is 2. The van der Waals surface area contributed by atoms with Crippen LogP contribution in [-0.4, -0.2) is 48.3 Å². The molecule has 3 nitrogen and oxygen atoms in total. The van der Waals surface area contributed by atoms with Gasteiger partial charge in [-0.3, -0.25) is 4.90 Å². The molecule has 2 fully saturated rings. The van der Waals surface area contributed by atoms with E-state index < -0.39 is 0 Å². The van der Waals surface area contributed by atoms with Crippen LogP contribution in [0.15, 0.2) is 0 Å². The number of nitrogens with one attached hydrogen (secondary N) is 1. The Hall–Kier alpha value is -0.120. The first kappa shape index (κ1) is 12.3. The fraction of sp³-hybridized carbons (Fsp3) is 1.00. The number of β-amino-alcohol motifs (C(OH)–C–C–N with tert-alkyl or cyclic N) is 1. The minimum atomic E-state index is -0.150. The first-order chi connectivity index (χ1) is 7.81. The summed E-state index contributed by atoms with van der Waals surface area (Å²) in [5, 5.41) is 13.2. The van der Waals surface area contributed by atoms with Crippen molar-refractivity contribution in [3.8, 4) is 0 Å². The summed E-state index contributed by atoms with van der Waals surface area (Å²) in [7, 11) is 0. The second-order valence-electron chi connectivity index (χ2n) is 5.41.